The topological polar surface area (TPSA) is 127 Å². The van der Waals surface area contributed by atoms with E-state index in [1.54, 1.807) is 36.4 Å². The Morgan fingerprint density at radius 3 is 1.21 bits per heavy atom. The van der Waals surface area contributed by atoms with Crippen LogP contribution in [0.1, 0.15) is 12.8 Å². The molecule has 0 heterocycles. The van der Waals surface area contributed by atoms with Crippen molar-refractivity contribution >= 4 is 19.7 Å². The highest BCUT2D eigenvalue weighted by Gasteiger charge is 2.23. The van der Waals surface area contributed by atoms with Gasteiger partial charge in [0.05, 0.1) is 23.0 Å². The first-order valence-electron chi connectivity index (χ1n) is 11.7. The van der Waals surface area contributed by atoms with Gasteiger partial charge < -0.3 is 19.7 Å². The van der Waals surface area contributed by atoms with Gasteiger partial charge in [-0.1, -0.05) is 24.3 Å². The number of ether oxygens (including phenoxy) is 2. The zero-order valence-electron chi connectivity index (χ0n) is 20.2. The zero-order valence-corrected chi connectivity index (χ0v) is 21.9. The number of sulfone groups is 2. The molecule has 10 heteroatoms. The maximum atomic E-state index is 13.0. The number of benzene rings is 4. The minimum atomic E-state index is -3.85. The lowest BCUT2D eigenvalue weighted by molar-refractivity contribution is 0.260. The second-order valence-electron chi connectivity index (χ2n) is 8.29. The molecule has 38 heavy (non-hydrogen) atoms. The van der Waals surface area contributed by atoms with E-state index in [1.807, 2.05) is 0 Å². The first-order chi connectivity index (χ1) is 18.2. The normalized spacial score (nSPS) is 11.7. The molecule has 0 saturated heterocycles. The van der Waals surface area contributed by atoms with Crippen molar-refractivity contribution in [2.75, 3.05) is 13.2 Å². The lowest BCUT2D eigenvalue weighted by atomic mass is 10.3. The molecule has 0 unspecified atom stereocenters. The highest BCUT2D eigenvalue weighted by atomic mass is 32.2. The van der Waals surface area contributed by atoms with Crippen LogP contribution in [0.15, 0.2) is 117 Å². The predicted octanol–water partition coefficient (Wildman–Crippen LogP) is 5.00. The number of hydrogen-bond acceptors (Lipinski definition) is 8. The van der Waals surface area contributed by atoms with Gasteiger partial charge in [0.15, 0.2) is 0 Å². The third-order valence-electron chi connectivity index (χ3n) is 5.63. The van der Waals surface area contributed by atoms with Crippen molar-refractivity contribution in [3.8, 4) is 23.0 Å². The average Bonchev–Trinajstić information content (AvgIpc) is 2.91. The van der Waals surface area contributed by atoms with E-state index in [-0.39, 0.29) is 55.8 Å². The fraction of sp³-hybridized carbons (Fsp3) is 0.143. The van der Waals surface area contributed by atoms with Gasteiger partial charge in [0, 0.05) is 0 Å². The summed E-state index contributed by atoms with van der Waals surface area (Å²) in [5.41, 5.74) is 0. The van der Waals surface area contributed by atoms with Crippen molar-refractivity contribution in [3.63, 3.8) is 0 Å². The smallest absolute Gasteiger partial charge is 0.210 e. The molecule has 0 spiro atoms. The van der Waals surface area contributed by atoms with Crippen LogP contribution in [0.3, 0.4) is 0 Å². The van der Waals surface area contributed by atoms with Crippen molar-refractivity contribution in [1.82, 2.24) is 0 Å². The molecule has 4 aromatic carbocycles. The molecular formula is C28H26O8S2. The van der Waals surface area contributed by atoms with Gasteiger partial charge in [-0.2, -0.15) is 0 Å². The van der Waals surface area contributed by atoms with Crippen LogP contribution in [-0.2, 0) is 19.7 Å². The molecule has 0 aliphatic carbocycles. The zero-order chi connectivity index (χ0) is 27.2. The Morgan fingerprint density at radius 2 is 0.842 bits per heavy atom. The maximum absolute atomic E-state index is 13.0. The Kier molecular flexibility index (Phi) is 8.23. The van der Waals surface area contributed by atoms with Gasteiger partial charge in [-0.15, -0.1) is 0 Å². The van der Waals surface area contributed by atoms with Crippen molar-refractivity contribution < 1.29 is 36.5 Å². The number of rotatable bonds is 11. The molecule has 4 rings (SSSR count). The Bertz CT molecular complexity index is 1470. The maximum Gasteiger partial charge on any atom is 0.210 e. The standard InChI is InChI=1S/C28H26O8S2/c29-21-11-15-23(16-12-21)37(31,32)27-9-3-1-7-25(27)35-19-5-6-20-36-26-8-2-4-10-28(26)38(33,34)24-17-13-22(30)14-18-24/h1-4,7-18,29-30H,5-6,19-20H2. The molecule has 0 bridgehead atoms. The minimum absolute atomic E-state index is 0.0234. The van der Waals surface area contributed by atoms with Gasteiger partial charge in [-0.25, -0.2) is 16.8 Å². The van der Waals surface area contributed by atoms with E-state index in [0.717, 1.165) is 0 Å². The summed E-state index contributed by atoms with van der Waals surface area (Å²) >= 11 is 0. The fourth-order valence-electron chi connectivity index (χ4n) is 3.66. The van der Waals surface area contributed by atoms with Crippen molar-refractivity contribution in [2.45, 2.75) is 32.4 Å². The molecule has 4 aromatic rings. The van der Waals surface area contributed by atoms with Gasteiger partial charge in [0.2, 0.25) is 19.7 Å². The fourth-order valence-corrected chi connectivity index (χ4v) is 6.45. The molecule has 0 aromatic heterocycles. The predicted molar refractivity (Wildman–Crippen MR) is 140 cm³/mol. The number of phenols is 2. The van der Waals surface area contributed by atoms with Crippen LogP contribution in [0.4, 0.5) is 0 Å². The number of unbranched alkanes of at least 4 members (excludes halogenated alkanes) is 1. The summed E-state index contributed by atoms with van der Waals surface area (Å²) in [6, 6.07) is 23.2. The molecule has 0 atom stereocenters. The molecule has 8 nitrogen and oxygen atoms in total. The third-order valence-corrected chi connectivity index (χ3v) is 9.24. The van der Waals surface area contributed by atoms with E-state index in [0.29, 0.717) is 12.8 Å². The average molecular weight is 555 g/mol. The van der Waals surface area contributed by atoms with E-state index in [9.17, 15) is 27.0 Å². The highest BCUT2D eigenvalue weighted by Crippen LogP contribution is 2.31. The van der Waals surface area contributed by atoms with Gasteiger partial charge in [-0.3, -0.25) is 0 Å². The molecule has 198 valence electrons. The molecular weight excluding hydrogens is 528 g/mol. The number of phenolic OH excluding ortho intramolecular Hbond substituents is 2. The van der Waals surface area contributed by atoms with Gasteiger partial charge in [0.25, 0.3) is 0 Å². The molecule has 2 N–H and O–H groups in total. The second kappa shape index (κ2) is 11.6. The second-order valence-corrected chi connectivity index (χ2v) is 12.1. The number of hydrogen-bond donors (Lipinski definition) is 2. The van der Waals surface area contributed by atoms with Crippen LogP contribution in [0.2, 0.25) is 0 Å². The van der Waals surface area contributed by atoms with E-state index < -0.39 is 19.7 Å². The highest BCUT2D eigenvalue weighted by molar-refractivity contribution is 7.92. The summed E-state index contributed by atoms with van der Waals surface area (Å²) in [6.45, 7) is 0.442. The molecule has 0 fully saturated rings. The van der Waals surface area contributed by atoms with Crippen molar-refractivity contribution in [2.24, 2.45) is 0 Å². The lowest BCUT2D eigenvalue weighted by Crippen LogP contribution is -2.09. The number of aromatic hydroxyl groups is 2. The summed E-state index contributed by atoms with van der Waals surface area (Å²) in [4.78, 5) is 0.131. The summed E-state index contributed by atoms with van der Waals surface area (Å²) in [7, 11) is -7.69. The molecule has 0 amide bonds. The van der Waals surface area contributed by atoms with E-state index in [2.05, 4.69) is 0 Å². The summed E-state index contributed by atoms with van der Waals surface area (Å²) in [5, 5.41) is 18.9. The third kappa shape index (κ3) is 6.09. The van der Waals surface area contributed by atoms with Crippen LogP contribution in [0.25, 0.3) is 0 Å². The monoisotopic (exact) mass is 554 g/mol. The van der Waals surface area contributed by atoms with Crippen molar-refractivity contribution in [1.29, 1.82) is 0 Å². The summed E-state index contributed by atoms with van der Waals surface area (Å²) in [5.74, 6) is 0.367. The largest absolute Gasteiger partial charge is 0.508 e. The van der Waals surface area contributed by atoms with Crippen LogP contribution in [0.5, 0.6) is 23.0 Å². The van der Waals surface area contributed by atoms with Gasteiger partial charge in [-0.05, 0) is 85.6 Å². The molecule has 0 saturated carbocycles. The molecule has 0 radical (unpaired) electrons. The van der Waals surface area contributed by atoms with Crippen LogP contribution < -0.4 is 9.47 Å². The first-order valence-corrected chi connectivity index (χ1v) is 14.7. The van der Waals surface area contributed by atoms with Gasteiger partial charge in [0.1, 0.15) is 32.8 Å². The van der Waals surface area contributed by atoms with Crippen LogP contribution >= 0.6 is 0 Å². The first kappa shape index (κ1) is 27.0. The number of para-hydroxylation sites is 2. The van der Waals surface area contributed by atoms with Crippen LogP contribution in [0, 0.1) is 0 Å². The Hall–Kier alpha value is -4.02. The molecule has 0 aliphatic rings. The Morgan fingerprint density at radius 1 is 0.500 bits per heavy atom. The SMILES string of the molecule is O=S(=O)(c1ccc(O)cc1)c1ccccc1OCCCCOc1ccccc1S(=O)(=O)c1ccc(O)cc1. The lowest BCUT2D eigenvalue weighted by Gasteiger charge is -2.13. The summed E-state index contributed by atoms with van der Waals surface area (Å²) in [6.07, 6.45) is 1.06. The van der Waals surface area contributed by atoms with Gasteiger partial charge >= 0.3 is 0 Å². The van der Waals surface area contributed by atoms with E-state index >= 15 is 0 Å². The van der Waals surface area contributed by atoms with Crippen LogP contribution in [-0.4, -0.2) is 40.3 Å². The van der Waals surface area contributed by atoms with E-state index in [1.165, 1.54) is 60.7 Å². The Labute approximate surface area is 221 Å². The minimum Gasteiger partial charge on any atom is -0.508 e. The van der Waals surface area contributed by atoms with Crippen molar-refractivity contribution in [3.05, 3.63) is 97.1 Å². The summed E-state index contributed by atoms with van der Waals surface area (Å²) < 4.78 is 63.7. The quantitative estimate of drug-likeness (QED) is 0.248. The Balaban J connectivity index is 1.35. The van der Waals surface area contributed by atoms with E-state index in [4.69, 9.17) is 9.47 Å². The molecule has 0 aliphatic heterocycles.